The first-order valence-electron chi connectivity index (χ1n) is 17.3. The second kappa shape index (κ2) is 30.0. The van der Waals surface area contributed by atoms with Crippen LogP contribution in [0.4, 0.5) is 0 Å². The highest BCUT2D eigenvalue weighted by molar-refractivity contribution is 5.71. The maximum absolute atomic E-state index is 12.6. The van der Waals surface area contributed by atoms with Crippen LogP contribution in [0.1, 0.15) is 201 Å². The highest BCUT2D eigenvalue weighted by Gasteiger charge is 2.17. The molecule has 37 heavy (non-hydrogen) atoms. The Morgan fingerprint density at radius 1 is 0.459 bits per heavy atom. The summed E-state index contributed by atoms with van der Waals surface area (Å²) in [6.07, 6.45) is 36.1. The number of esters is 1. The number of carbonyl (C=O) groups excluding carboxylic acids is 1. The van der Waals surface area contributed by atoms with Crippen LogP contribution in [0.2, 0.25) is 0 Å². The maximum Gasteiger partial charge on any atom is 0.308 e. The normalized spacial score (nSPS) is 12.4. The summed E-state index contributed by atoms with van der Waals surface area (Å²) in [5.74, 6) is 0.684. The molecule has 0 radical (unpaired) electrons. The van der Waals surface area contributed by atoms with Crippen molar-refractivity contribution in [2.45, 2.75) is 201 Å². The Labute approximate surface area is 234 Å². The van der Waals surface area contributed by atoms with Gasteiger partial charge in [0, 0.05) is 0 Å². The van der Waals surface area contributed by atoms with E-state index in [1.807, 2.05) is 0 Å². The molecule has 0 bridgehead atoms. The van der Waals surface area contributed by atoms with Crippen LogP contribution in [0.5, 0.6) is 0 Å². The van der Waals surface area contributed by atoms with E-state index in [0.29, 0.717) is 12.5 Å². The third-order valence-electron chi connectivity index (χ3n) is 8.29. The first kappa shape index (κ1) is 36.5. The van der Waals surface area contributed by atoms with E-state index in [-0.39, 0.29) is 11.9 Å². The number of ether oxygens (including phenoxy) is 1. The molecule has 222 valence electrons. The average Bonchev–Trinajstić information content (AvgIpc) is 2.90. The summed E-state index contributed by atoms with van der Waals surface area (Å²) in [6, 6.07) is 0. The predicted octanol–water partition coefficient (Wildman–Crippen LogP) is 12.4. The van der Waals surface area contributed by atoms with Crippen molar-refractivity contribution in [1.82, 2.24) is 0 Å². The molecule has 2 heteroatoms. The molecule has 0 aliphatic carbocycles. The molecule has 0 saturated carbocycles. The fraction of sp³-hybridized carbons (Fsp3) is 0.971. The van der Waals surface area contributed by atoms with Crippen LogP contribution < -0.4 is 0 Å². The Morgan fingerprint density at radius 3 is 1.11 bits per heavy atom. The summed E-state index contributed by atoms with van der Waals surface area (Å²) in [5, 5.41) is 0. The molecule has 0 N–H and O–H groups in total. The Bertz CT molecular complexity index is 433. The van der Waals surface area contributed by atoms with Gasteiger partial charge in [0.05, 0.1) is 12.5 Å². The van der Waals surface area contributed by atoms with Crippen LogP contribution in [-0.4, -0.2) is 12.6 Å². The van der Waals surface area contributed by atoms with Gasteiger partial charge >= 0.3 is 5.97 Å². The number of unbranched alkanes of at least 4 members (excludes halogenated alkanes) is 21. The minimum absolute atomic E-state index is 0.0525. The molecule has 0 amide bonds. The lowest BCUT2D eigenvalue weighted by atomic mass is 9.95. The monoisotopic (exact) mass is 523 g/mol. The SMILES string of the molecule is CCCCCCCCCCCCCCCCC(C)C(=O)OCC(CCCCCCC)CCCCCCC. The summed E-state index contributed by atoms with van der Waals surface area (Å²) in [7, 11) is 0. The third kappa shape index (κ3) is 26.8. The smallest absolute Gasteiger partial charge is 0.308 e. The first-order valence-corrected chi connectivity index (χ1v) is 17.3. The molecule has 0 aromatic rings. The zero-order valence-corrected chi connectivity index (χ0v) is 26.3. The third-order valence-corrected chi connectivity index (χ3v) is 8.29. The average molecular weight is 523 g/mol. The summed E-state index contributed by atoms with van der Waals surface area (Å²) in [6.45, 7) is 9.58. The second-order valence-electron chi connectivity index (χ2n) is 12.2. The molecule has 0 saturated heterocycles. The highest BCUT2D eigenvalue weighted by Crippen LogP contribution is 2.21. The van der Waals surface area contributed by atoms with Gasteiger partial charge in [0.2, 0.25) is 0 Å². The van der Waals surface area contributed by atoms with Crippen LogP contribution in [0.3, 0.4) is 0 Å². The molecule has 0 aliphatic rings. The van der Waals surface area contributed by atoms with Crippen LogP contribution >= 0.6 is 0 Å². The van der Waals surface area contributed by atoms with Crippen molar-refractivity contribution in [2.24, 2.45) is 11.8 Å². The zero-order chi connectivity index (χ0) is 27.2. The number of hydrogen-bond donors (Lipinski definition) is 0. The van der Waals surface area contributed by atoms with Crippen LogP contribution in [0.15, 0.2) is 0 Å². The molecule has 0 aromatic heterocycles. The van der Waals surface area contributed by atoms with E-state index in [2.05, 4.69) is 27.7 Å². The van der Waals surface area contributed by atoms with E-state index >= 15 is 0 Å². The van der Waals surface area contributed by atoms with Gasteiger partial charge in [0.1, 0.15) is 0 Å². The fourth-order valence-corrected chi connectivity index (χ4v) is 5.49. The van der Waals surface area contributed by atoms with E-state index in [9.17, 15) is 4.79 Å². The van der Waals surface area contributed by atoms with Gasteiger partial charge < -0.3 is 4.74 Å². The van der Waals surface area contributed by atoms with Crippen molar-refractivity contribution < 1.29 is 9.53 Å². The fourth-order valence-electron chi connectivity index (χ4n) is 5.49. The number of hydrogen-bond acceptors (Lipinski definition) is 2. The lowest BCUT2D eigenvalue weighted by Crippen LogP contribution is -2.20. The summed E-state index contributed by atoms with van der Waals surface area (Å²) >= 11 is 0. The summed E-state index contributed by atoms with van der Waals surface area (Å²) < 4.78 is 5.85. The summed E-state index contributed by atoms with van der Waals surface area (Å²) in [5.41, 5.74) is 0. The van der Waals surface area contributed by atoms with Crippen LogP contribution in [0, 0.1) is 11.8 Å². The van der Waals surface area contributed by atoms with Crippen molar-refractivity contribution >= 4 is 5.97 Å². The molecule has 1 atom stereocenters. The molecule has 0 fully saturated rings. The lowest BCUT2D eigenvalue weighted by molar-refractivity contribution is -0.149. The lowest BCUT2D eigenvalue weighted by Gasteiger charge is -2.19. The van der Waals surface area contributed by atoms with E-state index in [4.69, 9.17) is 4.74 Å². The van der Waals surface area contributed by atoms with Gasteiger partial charge in [0.25, 0.3) is 0 Å². The standard InChI is InChI=1S/C35H70O2/c1-5-8-11-14-15-16-17-18-19-20-21-22-25-26-29-33(4)35(36)37-32-34(30-27-23-12-9-6-2)31-28-24-13-10-7-3/h33-34H,5-32H2,1-4H3. The molecule has 0 spiro atoms. The topological polar surface area (TPSA) is 26.3 Å². The van der Waals surface area contributed by atoms with Crippen molar-refractivity contribution in [3.05, 3.63) is 0 Å². The quantitative estimate of drug-likeness (QED) is 0.0692. The van der Waals surface area contributed by atoms with Crippen molar-refractivity contribution in [3.63, 3.8) is 0 Å². The van der Waals surface area contributed by atoms with E-state index in [1.54, 1.807) is 0 Å². The Kier molecular flexibility index (Phi) is 29.6. The van der Waals surface area contributed by atoms with E-state index in [0.717, 1.165) is 6.42 Å². The Morgan fingerprint density at radius 2 is 0.757 bits per heavy atom. The van der Waals surface area contributed by atoms with Gasteiger partial charge in [-0.3, -0.25) is 4.79 Å². The van der Waals surface area contributed by atoms with Gasteiger partial charge in [-0.25, -0.2) is 0 Å². The summed E-state index contributed by atoms with van der Waals surface area (Å²) in [4.78, 5) is 12.6. The second-order valence-corrected chi connectivity index (χ2v) is 12.2. The molecule has 1 unspecified atom stereocenters. The Balaban J connectivity index is 3.83. The largest absolute Gasteiger partial charge is 0.465 e. The molecule has 0 aromatic carbocycles. The number of rotatable bonds is 30. The van der Waals surface area contributed by atoms with Gasteiger partial charge in [0.15, 0.2) is 0 Å². The van der Waals surface area contributed by atoms with Crippen molar-refractivity contribution in [3.8, 4) is 0 Å². The molecule has 0 rings (SSSR count). The molecular formula is C35H70O2. The molecular weight excluding hydrogens is 452 g/mol. The van der Waals surface area contributed by atoms with Crippen molar-refractivity contribution in [1.29, 1.82) is 0 Å². The minimum Gasteiger partial charge on any atom is -0.465 e. The van der Waals surface area contributed by atoms with Gasteiger partial charge in [-0.2, -0.15) is 0 Å². The molecule has 2 nitrogen and oxygen atoms in total. The maximum atomic E-state index is 12.6. The minimum atomic E-state index is 0.0525. The van der Waals surface area contributed by atoms with E-state index in [1.165, 1.54) is 167 Å². The van der Waals surface area contributed by atoms with E-state index < -0.39 is 0 Å². The Hall–Kier alpha value is -0.530. The molecule has 0 aliphatic heterocycles. The molecule has 0 heterocycles. The van der Waals surface area contributed by atoms with Crippen LogP contribution in [0.25, 0.3) is 0 Å². The van der Waals surface area contributed by atoms with Gasteiger partial charge in [-0.15, -0.1) is 0 Å². The highest BCUT2D eigenvalue weighted by atomic mass is 16.5. The zero-order valence-electron chi connectivity index (χ0n) is 26.3. The number of carbonyl (C=O) groups is 1. The van der Waals surface area contributed by atoms with Gasteiger partial charge in [-0.1, -0.05) is 182 Å². The van der Waals surface area contributed by atoms with Crippen molar-refractivity contribution in [2.75, 3.05) is 6.61 Å². The predicted molar refractivity (Wildman–Crippen MR) is 165 cm³/mol. The van der Waals surface area contributed by atoms with Crippen LogP contribution in [-0.2, 0) is 9.53 Å². The first-order chi connectivity index (χ1) is 18.2. The van der Waals surface area contributed by atoms with Gasteiger partial charge in [-0.05, 0) is 25.2 Å².